The fourth-order valence-electron chi connectivity index (χ4n) is 1.45. The monoisotopic (exact) mass is 266 g/mol. The summed E-state index contributed by atoms with van der Waals surface area (Å²) in [4.78, 5) is 0. The highest BCUT2D eigenvalue weighted by Crippen LogP contribution is 2.57. The van der Waals surface area contributed by atoms with Crippen LogP contribution < -0.4 is 4.74 Å². The molecule has 3 nitrogen and oxygen atoms in total. The van der Waals surface area contributed by atoms with Crippen molar-refractivity contribution in [2.45, 2.75) is 25.9 Å². The molecule has 1 aromatic rings. The first kappa shape index (κ1) is 12.4. The van der Waals surface area contributed by atoms with Crippen molar-refractivity contribution < 1.29 is 17.9 Å². The summed E-state index contributed by atoms with van der Waals surface area (Å²) in [5.74, 6) is 0.102. The second-order valence-corrected chi connectivity index (χ2v) is 4.61. The Hall–Kier alpha value is -1.04. The first-order valence-electron chi connectivity index (χ1n) is 5.03. The van der Waals surface area contributed by atoms with Crippen LogP contribution in [-0.4, -0.2) is 23.0 Å². The van der Waals surface area contributed by atoms with Gasteiger partial charge in [0.05, 0.1) is 0 Å². The van der Waals surface area contributed by atoms with Crippen molar-refractivity contribution in [2.24, 2.45) is 5.41 Å². The summed E-state index contributed by atoms with van der Waals surface area (Å²) >= 11 is 5.58. The Balaban J connectivity index is 2.04. The molecule has 1 fully saturated rings. The summed E-state index contributed by atoms with van der Waals surface area (Å²) in [5, 5.41) is 7.34. The van der Waals surface area contributed by atoms with Crippen LogP contribution in [0.5, 0.6) is 5.88 Å². The largest absolute Gasteiger partial charge is 0.475 e. The minimum Gasteiger partial charge on any atom is -0.475 e. The second kappa shape index (κ2) is 4.01. The molecule has 0 spiro atoms. The van der Waals surface area contributed by atoms with Crippen molar-refractivity contribution in [1.29, 1.82) is 0 Å². The fraction of sp³-hybridized carbons (Fsp3) is 0.600. The molecule has 1 aliphatic rings. The molecule has 1 heterocycles. The first-order valence-corrected chi connectivity index (χ1v) is 5.41. The summed E-state index contributed by atoms with van der Waals surface area (Å²) in [6, 6.07) is 1.50. The van der Waals surface area contributed by atoms with Gasteiger partial charge in [0, 0.05) is 5.56 Å². The molecule has 0 N–H and O–H groups in total. The Morgan fingerprint density at radius 3 is 2.53 bits per heavy atom. The molecular formula is C10H10ClF3N2O. The van der Waals surface area contributed by atoms with Gasteiger partial charge in [0.2, 0.25) is 5.88 Å². The van der Waals surface area contributed by atoms with Gasteiger partial charge in [-0.2, -0.15) is 13.2 Å². The van der Waals surface area contributed by atoms with E-state index in [-0.39, 0.29) is 23.9 Å². The highest BCUT2D eigenvalue weighted by atomic mass is 35.5. The van der Waals surface area contributed by atoms with E-state index < -0.39 is 18.2 Å². The molecule has 17 heavy (non-hydrogen) atoms. The molecule has 0 amide bonds. The molecule has 0 saturated heterocycles. The smallest absolute Gasteiger partial charge is 0.397 e. The quantitative estimate of drug-likeness (QED) is 0.843. The highest BCUT2D eigenvalue weighted by molar-refractivity contribution is 6.29. The SMILES string of the molecule is Cc1cc(Cl)nnc1OCC1(C(F)(F)F)CC1. The minimum atomic E-state index is -4.22. The van der Waals surface area contributed by atoms with Crippen LogP contribution in [0.3, 0.4) is 0 Å². The number of rotatable bonds is 3. The molecule has 0 aromatic carbocycles. The van der Waals surface area contributed by atoms with E-state index in [2.05, 4.69) is 10.2 Å². The van der Waals surface area contributed by atoms with Crippen molar-refractivity contribution in [3.05, 3.63) is 16.8 Å². The summed E-state index contributed by atoms with van der Waals surface area (Å²) in [6.45, 7) is 1.25. The third-order valence-corrected chi connectivity index (χ3v) is 3.03. The summed E-state index contributed by atoms with van der Waals surface area (Å²) < 4.78 is 43.0. The van der Waals surface area contributed by atoms with E-state index in [1.54, 1.807) is 6.92 Å². The summed E-state index contributed by atoms with van der Waals surface area (Å²) in [6.07, 6.45) is -4.01. The van der Waals surface area contributed by atoms with Crippen LogP contribution in [0.25, 0.3) is 0 Å². The lowest BCUT2D eigenvalue weighted by Crippen LogP contribution is -2.30. The molecule has 0 radical (unpaired) electrons. The van der Waals surface area contributed by atoms with Crippen LogP contribution in [-0.2, 0) is 0 Å². The number of nitrogens with zero attached hydrogens (tertiary/aromatic N) is 2. The zero-order valence-electron chi connectivity index (χ0n) is 9.01. The van der Waals surface area contributed by atoms with Gasteiger partial charge in [-0.1, -0.05) is 11.6 Å². The Morgan fingerprint density at radius 1 is 1.41 bits per heavy atom. The number of hydrogen-bond acceptors (Lipinski definition) is 3. The normalized spacial score (nSPS) is 17.9. The van der Waals surface area contributed by atoms with E-state index in [0.717, 1.165) is 0 Å². The van der Waals surface area contributed by atoms with Crippen LogP contribution in [0.4, 0.5) is 13.2 Å². The lowest BCUT2D eigenvalue weighted by molar-refractivity contribution is -0.194. The van der Waals surface area contributed by atoms with Crippen molar-refractivity contribution in [3.63, 3.8) is 0 Å². The van der Waals surface area contributed by atoms with E-state index in [4.69, 9.17) is 16.3 Å². The molecule has 1 aromatic heterocycles. The average molecular weight is 267 g/mol. The van der Waals surface area contributed by atoms with Gasteiger partial charge in [-0.15, -0.1) is 10.2 Å². The van der Waals surface area contributed by atoms with Gasteiger partial charge < -0.3 is 4.74 Å². The van der Waals surface area contributed by atoms with Crippen LogP contribution in [0, 0.1) is 12.3 Å². The van der Waals surface area contributed by atoms with Crippen LogP contribution in [0.15, 0.2) is 6.07 Å². The van der Waals surface area contributed by atoms with Crippen molar-refractivity contribution in [2.75, 3.05) is 6.61 Å². The standard InChI is InChI=1S/C10H10ClF3N2O/c1-6-4-7(11)15-16-8(6)17-5-9(2-3-9)10(12,13)14/h4H,2-3,5H2,1H3. The molecule has 94 valence electrons. The van der Waals surface area contributed by atoms with E-state index in [1.165, 1.54) is 6.07 Å². The van der Waals surface area contributed by atoms with Crippen LogP contribution in [0.1, 0.15) is 18.4 Å². The number of aryl methyl sites for hydroxylation is 1. The van der Waals surface area contributed by atoms with E-state index in [0.29, 0.717) is 5.56 Å². The van der Waals surface area contributed by atoms with E-state index >= 15 is 0 Å². The molecule has 0 atom stereocenters. The predicted molar refractivity (Wildman–Crippen MR) is 55.0 cm³/mol. The number of aromatic nitrogens is 2. The van der Waals surface area contributed by atoms with Gasteiger partial charge in [0.1, 0.15) is 12.0 Å². The highest BCUT2D eigenvalue weighted by Gasteiger charge is 2.64. The fourth-order valence-corrected chi connectivity index (χ4v) is 1.65. The Labute approximate surface area is 101 Å². The predicted octanol–water partition coefficient (Wildman–Crippen LogP) is 3.16. The number of alkyl halides is 3. The lowest BCUT2D eigenvalue weighted by atomic mass is 10.1. The number of ether oxygens (including phenoxy) is 1. The second-order valence-electron chi connectivity index (χ2n) is 4.22. The van der Waals surface area contributed by atoms with Gasteiger partial charge >= 0.3 is 6.18 Å². The zero-order chi connectivity index (χ0) is 12.7. The molecule has 1 aliphatic carbocycles. The van der Waals surface area contributed by atoms with E-state index in [1.807, 2.05) is 0 Å². The molecule has 1 saturated carbocycles. The maximum absolute atomic E-state index is 12.6. The first-order chi connectivity index (χ1) is 7.84. The number of hydrogen-bond donors (Lipinski definition) is 0. The van der Waals surface area contributed by atoms with Gasteiger partial charge in [0.25, 0.3) is 0 Å². The van der Waals surface area contributed by atoms with Gasteiger partial charge in [-0.3, -0.25) is 0 Å². The van der Waals surface area contributed by atoms with E-state index in [9.17, 15) is 13.2 Å². The third-order valence-electron chi connectivity index (χ3n) is 2.85. The maximum atomic E-state index is 12.6. The third kappa shape index (κ3) is 2.46. The number of halogens is 4. The summed E-state index contributed by atoms with van der Waals surface area (Å²) in [5.41, 5.74) is -1.12. The zero-order valence-corrected chi connectivity index (χ0v) is 9.77. The molecule has 7 heteroatoms. The Morgan fingerprint density at radius 2 is 2.06 bits per heavy atom. The molecule has 2 rings (SSSR count). The Bertz CT molecular complexity index is 432. The van der Waals surface area contributed by atoms with Gasteiger partial charge in [-0.05, 0) is 25.8 Å². The van der Waals surface area contributed by atoms with Crippen molar-refractivity contribution in [3.8, 4) is 5.88 Å². The maximum Gasteiger partial charge on any atom is 0.397 e. The van der Waals surface area contributed by atoms with Crippen LogP contribution in [0.2, 0.25) is 5.15 Å². The van der Waals surface area contributed by atoms with Crippen LogP contribution >= 0.6 is 11.6 Å². The van der Waals surface area contributed by atoms with Crippen molar-refractivity contribution >= 4 is 11.6 Å². The molecule has 0 aliphatic heterocycles. The molecule has 0 unspecified atom stereocenters. The minimum absolute atomic E-state index is 0.102. The summed E-state index contributed by atoms with van der Waals surface area (Å²) in [7, 11) is 0. The average Bonchev–Trinajstić information content (AvgIpc) is 2.96. The molecular weight excluding hydrogens is 257 g/mol. The van der Waals surface area contributed by atoms with Gasteiger partial charge in [0.15, 0.2) is 5.15 Å². The van der Waals surface area contributed by atoms with Crippen molar-refractivity contribution in [1.82, 2.24) is 10.2 Å². The molecule has 0 bridgehead atoms. The lowest BCUT2D eigenvalue weighted by Gasteiger charge is -2.19. The Kier molecular flexibility index (Phi) is 2.93. The topological polar surface area (TPSA) is 35.0 Å². The van der Waals surface area contributed by atoms with Gasteiger partial charge in [-0.25, -0.2) is 0 Å².